The van der Waals surface area contributed by atoms with E-state index in [2.05, 4.69) is 6.07 Å². The third-order valence-electron chi connectivity index (χ3n) is 6.38. The molecule has 0 saturated heterocycles. The molecule has 2 N–H and O–H groups in total. The lowest BCUT2D eigenvalue weighted by Gasteiger charge is -2.33. The van der Waals surface area contributed by atoms with Gasteiger partial charge in [0.05, 0.1) is 22.5 Å². The maximum absolute atomic E-state index is 14.5. The van der Waals surface area contributed by atoms with Gasteiger partial charge in [-0.3, -0.25) is 0 Å². The Morgan fingerprint density at radius 3 is 2.26 bits per heavy atom. The van der Waals surface area contributed by atoms with Gasteiger partial charge in [0.25, 0.3) is 0 Å². The van der Waals surface area contributed by atoms with E-state index in [0.717, 1.165) is 18.2 Å². The van der Waals surface area contributed by atoms with Gasteiger partial charge in [-0.05, 0) is 54.8 Å². The minimum absolute atomic E-state index is 0.0539. The van der Waals surface area contributed by atoms with Gasteiger partial charge in [0, 0.05) is 34.8 Å². The lowest BCUT2D eigenvalue weighted by Crippen LogP contribution is -2.23. The molecule has 5 rings (SSSR count). The molecule has 0 bridgehead atoms. The molecule has 0 radical (unpaired) electrons. The molecule has 1 heterocycles. The maximum Gasteiger partial charge on any atom is 0.335 e. The number of halogens is 3. The number of carboxylic acids is 1. The number of phenols is 1. The fraction of sp³-hybridized carbons (Fsp3) is 0.154. The summed E-state index contributed by atoms with van der Waals surface area (Å²) >= 11 is 0. The molecule has 4 aromatic rings. The van der Waals surface area contributed by atoms with E-state index in [-0.39, 0.29) is 28.5 Å². The first-order valence-electron chi connectivity index (χ1n) is 10.5. The standard InChI is InChI=1S/C26H17F3N2O3/c27-18-6-5-17(11-20(18)29)31-21-8-7-19(28)25(32)23(21)22(24(31)16-9-13(10-16)12-30)14-1-3-15(4-2-14)26(33)34/h1-8,11,13,16,32H,9-10H2,(H,33,34). The summed E-state index contributed by atoms with van der Waals surface area (Å²) < 4.78 is 44.0. The van der Waals surface area contributed by atoms with Crippen LogP contribution in [-0.4, -0.2) is 20.7 Å². The summed E-state index contributed by atoms with van der Waals surface area (Å²) in [5.41, 5.74) is 2.29. The van der Waals surface area contributed by atoms with Crippen LogP contribution in [0.4, 0.5) is 13.2 Å². The summed E-state index contributed by atoms with van der Waals surface area (Å²) in [6.45, 7) is 0. The van der Waals surface area contributed by atoms with E-state index < -0.39 is 29.2 Å². The summed E-state index contributed by atoms with van der Waals surface area (Å²) in [6.07, 6.45) is 1.000. The Kier molecular flexibility index (Phi) is 5.05. The molecule has 8 heteroatoms. The van der Waals surface area contributed by atoms with Gasteiger partial charge in [-0.2, -0.15) is 5.26 Å². The van der Waals surface area contributed by atoms with E-state index in [1.165, 1.54) is 24.3 Å². The largest absolute Gasteiger partial charge is 0.504 e. The summed E-state index contributed by atoms with van der Waals surface area (Å²) in [4.78, 5) is 11.3. The SMILES string of the molecule is N#CC1CC(c2c(-c3ccc(C(=O)O)cc3)c3c(O)c(F)ccc3n2-c2ccc(F)c(F)c2)C1. The molecule has 0 spiro atoms. The normalized spacial score (nSPS) is 17.4. The number of carboxylic acid groups (broad SMARTS) is 1. The Balaban J connectivity index is 1.87. The lowest BCUT2D eigenvalue weighted by molar-refractivity contribution is 0.0697. The topological polar surface area (TPSA) is 86.2 Å². The molecular weight excluding hydrogens is 445 g/mol. The predicted octanol–water partition coefficient (Wildman–Crippen LogP) is 6.14. The van der Waals surface area contributed by atoms with Gasteiger partial charge in [0.2, 0.25) is 0 Å². The van der Waals surface area contributed by atoms with E-state index in [1.54, 1.807) is 16.7 Å². The van der Waals surface area contributed by atoms with Crippen LogP contribution in [-0.2, 0) is 0 Å². The van der Waals surface area contributed by atoms with E-state index in [9.17, 15) is 33.4 Å². The second-order valence-electron chi connectivity index (χ2n) is 8.36. The van der Waals surface area contributed by atoms with Crippen LogP contribution in [0, 0.1) is 34.7 Å². The van der Waals surface area contributed by atoms with Crippen molar-refractivity contribution in [2.45, 2.75) is 18.8 Å². The maximum atomic E-state index is 14.5. The van der Waals surface area contributed by atoms with Crippen LogP contribution in [0.3, 0.4) is 0 Å². The monoisotopic (exact) mass is 462 g/mol. The van der Waals surface area contributed by atoms with Crippen molar-refractivity contribution in [3.8, 4) is 28.6 Å². The highest BCUT2D eigenvalue weighted by atomic mass is 19.2. The Morgan fingerprint density at radius 2 is 1.65 bits per heavy atom. The first kappa shape index (κ1) is 21.6. The second kappa shape index (κ2) is 7.96. The first-order valence-corrected chi connectivity index (χ1v) is 10.5. The number of aromatic carboxylic acids is 1. The first-order chi connectivity index (χ1) is 16.3. The van der Waals surface area contributed by atoms with Crippen LogP contribution in [0.25, 0.3) is 27.7 Å². The third kappa shape index (κ3) is 3.28. The summed E-state index contributed by atoms with van der Waals surface area (Å²) in [7, 11) is 0. The number of rotatable bonds is 4. The van der Waals surface area contributed by atoms with Gasteiger partial charge >= 0.3 is 5.97 Å². The van der Waals surface area contributed by atoms with Crippen molar-refractivity contribution < 1.29 is 28.2 Å². The van der Waals surface area contributed by atoms with Crippen LogP contribution in [0.15, 0.2) is 54.6 Å². The number of aromatic nitrogens is 1. The quantitative estimate of drug-likeness (QED) is 0.382. The molecule has 1 saturated carbocycles. The molecule has 3 aromatic carbocycles. The number of aromatic hydroxyl groups is 1. The summed E-state index contributed by atoms with van der Waals surface area (Å²) in [5, 5.41) is 29.5. The van der Waals surface area contributed by atoms with E-state index in [4.69, 9.17) is 0 Å². The highest BCUT2D eigenvalue weighted by molar-refractivity contribution is 6.04. The number of carbonyl (C=O) groups is 1. The summed E-state index contributed by atoms with van der Waals surface area (Å²) in [6, 6.07) is 14.1. The fourth-order valence-corrected chi connectivity index (χ4v) is 4.66. The zero-order valence-corrected chi connectivity index (χ0v) is 17.6. The minimum Gasteiger partial charge on any atom is -0.504 e. The lowest BCUT2D eigenvalue weighted by atomic mass is 9.72. The molecule has 5 nitrogen and oxygen atoms in total. The Labute approximate surface area is 191 Å². The van der Waals surface area contributed by atoms with Crippen LogP contribution in [0.2, 0.25) is 0 Å². The van der Waals surface area contributed by atoms with Crippen molar-refractivity contribution in [1.29, 1.82) is 5.26 Å². The average molecular weight is 462 g/mol. The zero-order valence-electron chi connectivity index (χ0n) is 17.6. The third-order valence-corrected chi connectivity index (χ3v) is 6.38. The fourth-order valence-electron chi connectivity index (χ4n) is 4.66. The molecule has 170 valence electrons. The molecule has 0 aliphatic heterocycles. The smallest absolute Gasteiger partial charge is 0.335 e. The van der Waals surface area contributed by atoms with Gasteiger partial charge in [-0.25, -0.2) is 18.0 Å². The number of fused-ring (bicyclic) bond motifs is 1. The van der Waals surface area contributed by atoms with Crippen LogP contribution < -0.4 is 0 Å². The number of nitrogens with zero attached hydrogens (tertiary/aromatic N) is 2. The van der Waals surface area contributed by atoms with Gasteiger partial charge < -0.3 is 14.8 Å². The van der Waals surface area contributed by atoms with Crippen molar-refractivity contribution >= 4 is 16.9 Å². The van der Waals surface area contributed by atoms with Crippen LogP contribution >= 0.6 is 0 Å². The minimum atomic E-state index is -1.11. The number of benzene rings is 3. The molecule has 1 aliphatic carbocycles. The van der Waals surface area contributed by atoms with E-state index >= 15 is 0 Å². The Hall–Kier alpha value is -4.25. The van der Waals surface area contributed by atoms with Crippen molar-refractivity contribution in [3.05, 3.63) is 83.3 Å². The molecule has 34 heavy (non-hydrogen) atoms. The second-order valence-corrected chi connectivity index (χ2v) is 8.36. The molecule has 0 atom stereocenters. The molecule has 0 unspecified atom stereocenters. The molecule has 1 aromatic heterocycles. The van der Waals surface area contributed by atoms with Crippen molar-refractivity contribution in [2.24, 2.45) is 5.92 Å². The van der Waals surface area contributed by atoms with Crippen LogP contribution in [0.1, 0.15) is 34.8 Å². The molecular formula is C26H17F3N2O3. The van der Waals surface area contributed by atoms with Gasteiger partial charge in [-0.15, -0.1) is 0 Å². The molecule has 1 aliphatic rings. The highest BCUT2D eigenvalue weighted by Gasteiger charge is 2.37. The number of hydrogen-bond acceptors (Lipinski definition) is 3. The van der Waals surface area contributed by atoms with Gasteiger partial charge in [0.1, 0.15) is 0 Å². The molecule has 1 fully saturated rings. The zero-order chi connectivity index (χ0) is 24.1. The van der Waals surface area contributed by atoms with Gasteiger partial charge in [0.15, 0.2) is 23.2 Å². The van der Waals surface area contributed by atoms with Crippen molar-refractivity contribution in [3.63, 3.8) is 0 Å². The summed E-state index contributed by atoms with van der Waals surface area (Å²) in [5.74, 6) is -5.01. The predicted molar refractivity (Wildman–Crippen MR) is 118 cm³/mol. The van der Waals surface area contributed by atoms with Crippen molar-refractivity contribution in [1.82, 2.24) is 4.57 Å². The van der Waals surface area contributed by atoms with Gasteiger partial charge in [-0.1, -0.05) is 12.1 Å². The van der Waals surface area contributed by atoms with E-state index in [1.807, 2.05) is 0 Å². The Morgan fingerprint density at radius 1 is 0.971 bits per heavy atom. The van der Waals surface area contributed by atoms with E-state index in [0.29, 0.717) is 35.2 Å². The number of phenolic OH excluding ortho intramolecular Hbond substituents is 1. The number of nitriles is 1. The molecule has 0 amide bonds. The van der Waals surface area contributed by atoms with Crippen LogP contribution in [0.5, 0.6) is 5.75 Å². The Bertz CT molecular complexity index is 1500. The van der Waals surface area contributed by atoms with Crippen molar-refractivity contribution in [2.75, 3.05) is 0 Å². The average Bonchev–Trinajstić information content (AvgIpc) is 3.13. The highest BCUT2D eigenvalue weighted by Crippen LogP contribution is 2.51. The number of hydrogen-bond donors (Lipinski definition) is 2.